The molecule has 8 aromatic carbocycles. The highest BCUT2D eigenvalue weighted by Gasteiger charge is 2.28. The second-order valence-electron chi connectivity index (χ2n) is 16.7. The average molecular weight is 769 g/mol. The molecule has 4 nitrogen and oxygen atoms in total. The Morgan fingerprint density at radius 2 is 0.967 bits per heavy atom. The van der Waals surface area contributed by atoms with Crippen LogP contribution in [0.2, 0.25) is 0 Å². The van der Waals surface area contributed by atoms with Crippen molar-refractivity contribution in [1.29, 1.82) is 0 Å². The number of aromatic nitrogens is 2. The monoisotopic (exact) mass is 768 g/mol. The molecular weight excluding hydrogens is 729 g/mol. The van der Waals surface area contributed by atoms with Crippen LogP contribution in [-0.4, -0.2) is 8.80 Å². The van der Waals surface area contributed by atoms with Crippen molar-refractivity contribution < 1.29 is 0 Å². The van der Waals surface area contributed by atoms with Gasteiger partial charge >= 0.3 is 0 Å². The van der Waals surface area contributed by atoms with E-state index in [-0.39, 0.29) is 0 Å². The maximum absolute atomic E-state index is 2.54. The molecule has 1 aliphatic rings. The second kappa shape index (κ2) is 12.5. The minimum absolute atomic E-state index is 0.466. The van der Waals surface area contributed by atoms with Gasteiger partial charge in [-0.15, -0.1) is 0 Å². The largest absolute Gasteiger partial charge is 0.310 e. The molecular formula is C56H40N4. The summed E-state index contributed by atoms with van der Waals surface area (Å²) in [5.41, 5.74) is 15.8. The van der Waals surface area contributed by atoms with Gasteiger partial charge in [0.2, 0.25) is 0 Å². The molecule has 13 rings (SSSR count). The molecule has 0 amide bonds. The third-order valence-corrected chi connectivity index (χ3v) is 13.0. The van der Waals surface area contributed by atoms with Crippen molar-refractivity contribution in [1.82, 2.24) is 8.80 Å². The first-order chi connectivity index (χ1) is 29.6. The molecule has 4 aromatic heterocycles. The molecule has 0 bridgehead atoms. The zero-order chi connectivity index (χ0) is 39.6. The Balaban J connectivity index is 1.13. The van der Waals surface area contributed by atoms with Crippen LogP contribution in [0.25, 0.3) is 76.2 Å². The van der Waals surface area contributed by atoms with Gasteiger partial charge in [0.1, 0.15) is 0 Å². The number of para-hydroxylation sites is 4. The van der Waals surface area contributed by atoms with Gasteiger partial charge in [-0.25, -0.2) is 0 Å². The van der Waals surface area contributed by atoms with Gasteiger partial charge in [-0.1, -0.05) is 116 Å². The Kier molecular flexibility index (Phi) is 6.95. The molecule has 1 atom stereocenters. The van der Waals surface area contributed by atoms with Gasteiger partial charge in [0.25, 0.3) is 0 Å². The second-order valence-corrected chi connectivity index (χ2v) is 16.7. The van der Waals surface area contributed by atoms with E-state index >= 15 is 0 Å². The van der Waals surface area contributed by atoms with Gasteiger partial charge < -0.3 is 18.6 Å². The van der Waals surface area contributed by atoms with Crippen molar-refractivity contribution >= 4 is 105 Å². The van der Waals surface area contributed by atoms with Crippen LogP contribution in [0, 0.1) is 12.8 Å². The molecule has 4 heterocycles. The first-order valence-corrected chi connectivity index (χ1v) is 21.1. The van der Waals surface area contributed by atoms with Crippen LogP contribution in [0.4, 0.5) is 28.4 Å². The van der Waals surface area contributed by atoms with Gasteiger partial charge in [-0.3, -0.25) is 0 Å². The van der Waals surface area contributed by atoms with Crippen molar-refractivity contribution in [3.05, 3.63) is 199 Å². The number of aryl methyl sites for hydroxylation is 1. The highest BCUT2D eigenvalue weighted by atomic mass is 15.2. The zero-order valence-corrected chi connectivity index (χ0v) is 33.5. The Hall–Kier alpha value is -7.56. The van der Waals surface area contributed by atoms with Crippen molar-refractivity contribution in [2.45, 2.75) is 20.3 Å². The number of anilines is 5. The normalized spacial score (nSPS) is 14.6. The number of nitrogens with zero attached hydrogens (tertiary/aromatic N) is 4. The predicted octanol–water partition coefficient (Wildman–Crippen LogP) is 15.4. The summed E-state index contributed by atoms with van der Waals surface area (Å²) in [5.74, 6) is 0.466. The molecule has 4 heteroatoms. The summed E-state index contributed by atoms with van der Waals surface area (Å²) in [5, 5.41) is 10.2. The molecule has 0 aliphatic heterocycles. The van der Waals surface area contributed by atoms with Gasteiger partial charge in [-0.2, -0.15) is 0 Å². The number of hydrogen-bond donors (Lipinski definition) is 0. The third kappa shape index (κ3) is 4.56. The van der Waals surface area contributed by atoms with Crippen LogP contribution in [0.5, 0.6) is 0 Å². The number of hydrogen-bond acceptors (Lipinski definition) is 2. The minimum atomic E-state index is 0.466. The van der Waals surface area contributed by atoms with E-state index in [2.05, 4.69) is 221 Å². The Morgan fingerprint density at radius 3 is 1.53 bits per heavy atom. The average Bonchev–Trinajstić information content (AvgIpc) is 4.01. The van der Waals surface area contributed by atoms with Crippen LogP contribution in [-0.2, 0) is 0 Å². The summed E-state index contributed by atoms with van der Waals surface area (Å²) in [6, 6.07) is 62.9. The molecule has 0 N–H and O–H groups in total. The fourth-order valence-electron chi connectivity index (χ4n) is 10.6. The Morgan fingerprint density at radius 1 is 0.450 bits per heavy atom. The topological polar surface area (TPSA) is 15.3 Å². The third-order valence-electron chi connectivity index (χ3n) is 13.0. The first kappa shape index (κ1) is 33.4. The van der Waals surface area contributed by atoms with Crippen LogP contribution in [0.1, 0.15) is 18.9 Å². The van der Waals surface area contributed by atoms with Crippen molar-refractivity contribution in [3.8, 4) is 0 Å². The Labute approximate surface area is 347 Å². The smallest absolute Gasteiger partial charge is 0.0641 e. The summed E-state index contributed by atoms with van der Waals surface area (Å²) >= 11 is 0. The van der Waals surface area contributed by atoms with E-state index < -0.39 is 0 Å². The van der Waals surface area contributed by atoms with E-state index in [4.69, 9.17) is 0 Å². The van der Waals surface area contributed by atoms with Gasteiger partial charge in [0.15, 0.2) is 0 Å². The van der Waals surface area contributed by atoms with Crippen LogP contribution in [0.3, 0.4) is 0 Å². The number of allylic oxidation sites excluding steroid dienone is 3. The fraction of sp³-hybridized carbons (Fsp3) is 0.0714. The van der Waals surface area contributed by atoms with E-state index in [1.54, 1.807) is 0 Å². The summed E-state index contributed by atoms with van der Waals surface area (Å²) in [6.45, 7) is 4.48. The SMILES string of the molecule is Cc1cccc(N(c2ccccc2)c2ccc3c4cc5c(cc4n4c6ccccc6c2c34)c2ccc(N(C3=CC(C)CC=C3)c3ccccc3)c3c4ccccc4n5c23)c1. The lowest BCUT2D eigenvalue weighted by molar-refractivity contribution is 0.726. The molecule has 0 radical (unpaired) electrons. The standard InChI is InChI=1S/C56H40N4/c1-35-15-13-21-39(31-35)57(37-17-5-3-6-18-37)49-29-27-41-45-33-52-46(34-51(45)59-47-25-11-9-23-43(47)53(49)55(41)59)42-28-30-50(54-44-24-10-12-26-48(44)60(52)56(42)54)58(38-19-7-4-8-20-38)40-22-14-16-36(2)32-40/h3-15,17-34,36H,16H2,1-2H3. The highest BCUT2D eigenvalue weighted by molar-refractivity contribution is 6.32. The van der Waals surface area contributed by atoms with Crippen molar-refractivity contribution in [2.24, 2.45) is 5.92 Å². The van der Waals surface area contributed by atoms with Crippen molar-refractivity contribution in [3.63, 3.8) is 0 Å². The number of rotatable bonds is 6. The number of benzene rings is 8. The lowest BCUT2D eigenvalue weighted by atomic mass is 9.99. The summed E-state index contributed by atoms with van der Waals surface area (Å²) in [6.07, 6.45) is 8.11. The van der Waals surface area contributed by atoms with E-state index in [1.165, 1.54) is 98.8 Å². The summed E-state index contributed by atoms with van der Waals surface area (Å²) < 4.78 is 5.08. The molecule has 60 heavy (non-hydrogen) atoms. The molecule has 0 spiro atoms. The van der Waals surface area contributed by atoms with Crippen LogP contribution in [0.15, 0.2) is 194 Å². The predicted molar refractivity (Wildman–Crippen MR) is 255 cm³/mol. The molecule has 284 valence electrons. The Bertz CT molecular complexity index is 3720. The van der Waals surface area contributed by atoms with Gasteiger partial charge in [-0.05, 0) is 104 Å². The van der Waals surface area contributed by atoms with Gasteiger partial charge in [0, 0.05) is 65.8 Å². The number of fused-ring (bicyclic) bond motifs is 12. The lowest BCUT2D eigenvalue weighted by Crippen LogP contribution is -2.17. The first-order valence-electron chi connectivity index (χ1n) is 21.1. The molecule has 12 aromatic rings. The molecule has 0 saturated heterocycles. The zero-order valence-electron chi connectivity index (χ0n) is 33.5. The summed E-state index contributed by atoms with van der Waals surface area (Å²) in [7, 11) is 0. The van der Waals surface area contributed by atoms with E-state index in [0.29, 0.717) is 5.92 Å². The van der Waals surface area contributed by atoms with Crippen LogP contribution < -0.4 is 9.80 Å². The maximum Gasteiger partial charge on any atom is 0.0641 e. The van der Waals surface area contributed by atoms with Crippen molar-refractivity contribution in [2.75, 3.05) is 9.80 Å². The lowest BCUT2D eigenvalue weighted by Gasteiger charge is -2.29. The van der Waals surface area contributed by atoms with E-state index in [1.807, 2.05) is 0 Å². The maximum atomic E-state index is 2.54. The van der Waals surface area contributed by atoms with E-state index in [0.717, 1.165) is 23.5 Å². The molecule has 1 unspecified atom stereocenters. The van der Waals surface area contributed by atoms with E-state index in [9.17, 15) is 0 Å². The molecule has 1 aliphatic carbocycles. The minimum Gasteiger partial charge on any atom is -0.310 e. The van der Waals surface area contributed by atoms with Crippen LogP contribution >= 0.6 is 0 Å². The fourth-order valence-corrected chi connectivity index (χ4v) is 10.6. The highest BCUT2D eigenvalue weighted by Crippen LogP contribution is 2.51. The quantitative estimate of drug-likeness (QED) is 0.167. The molecule has 0 fully saturated rings. The molecule has 0 saturated carbocycles. The summed E-state index contributed by atoms with van der Waals surface area (Å²) in [4.78, 5) is 4.90. The van der Waals surface area contributed by atoms with Gasteiger partial charge in [0.05, 0.1) is 44.5 Å².